The molecule has 3 aromatic carbocycles. The molecule has 0 saturated heterocycles. The molecular weight excluding hydrogens is 482 g/mol. The van der Waals surface area contributed by atoms with Crippen molar-refractivity contribution < 1.29 is 0 Å². The molecule has 0 aliphatic heterocycles. The normalized spacial score (nSPS) is 11.3. The van der Waals surface area contributed by atoms with Crippen LogP contribution >= 0.6 is 11.6 Å². The molecule has 0 aliphatic rings. The summed E-state index contributed by atoms with van der Waals surface area (Å²) in [4.78, 5) is 9.56. The molecule has 37 heavy (non-hydrogen) atoms. The van der Waals surface area contributed by atoms with Gasteiger partial charge in [-0.05, 0) is 40.5 Å². The molecule has 0 amide bonds. The number of hydrogen-bond donors (Lipinski definition) is 1. The quantitative estimate of drug-likeness (QED) is 0.264. The molecule has 6 rings (SSSR count). The van der Waals surface area contributed by atoms with Gasteiger partial charge in [-0.3, -0.25) is 4.98 Å². The van der Waals surface area contributed by atoms with Crippen molar-refractivity contribution in [3.63, 3.8) is 0 Å². The molecule has 0 atom stereocenters. The van der Waals surface area contributed by atoms with Crippen LogP contribution < -0.4 is 0 Å². The second-order valence-corrected chi connectivity index (χ2v) is 9.29. The number of aryl methyl sites for hydroxylation is 1. The van der Waals surface area contributed by atoms with Crippen molar-refractivity contribution in [3.8, 4) is 33.8 Å². The average Bonchev–Trinajstić information content (AvgIpc) is 3.58. The maximum absolute atomic E-state index is 6.47. The van der Waals surface area contributed by atoms with Crippen LogP contribution in [0.5, 0.6) is 0 Å². The Morgan fingerprint density at radius 1 is 0.892 bits per heavy atom. The van der Waals surface area contributed by atoms with Crippen LogP contribution in [0.3, 0.4) is 0 Å². The minimum Gasteiger partial charge on any atom is -0.323 e. The van der Waals surface area contributed by atoms with Gasteiger partial charge in [-0.2, -0.15) is 5.21 Å². The van der Waals surface area contributed by atoms with Gasteiger partial charge < -0.3 is 4.57 Å². The van der Waals surface area contributed by atoms with Crippen molar-refractivity contribution in [1.82, 2.24) is 35.2 Å². The first-order valence-corrected chi connectivity index (χ1v) is 12.6. The van der Waals surface area contributed by atoms with Gasteiger partial charge in [0.2, 0.25) is 5.82 Å². The van der Waals surface area contributed by atoms with E-state index < -0.39 is 0 Å². The van der Waals surface area contributed by atoms with E-state index in [2.05, 4.69) is 73.5 Å². The number of hydrogen-bond acceptors (Lipinski definition) is 5. The standard InChI is InChI=1S/C29H24ClN7/c1-2-7-28-32-26-17-31-25(23-10-5-6-11-24(23)30)16-27(26)37(28)18-19-12-14-20(15-13-19)21-8-3-4-9-22(21)29-33-35-36-34-29/h3-6,8-17H,2,7,18H2,1H3,(H,33,34,35,36). The van der Waals surface area contributed by atoms with Gasteiger partial charge in [-0.15, -0.1) is 10.2 Å². The van der Waals surface area contributed by atoms with Crippen LogP contribution in [0.1, 0.15) is 24.7 Å². The highest BCUT2D eigenvalue weighted by molar-refractivity contribution is 6.33. The number of halogens is 1. The van der Waals surface area contributed by atoms with E-state index in [-0.39, 0.29) is 0 Å². The Labute approximate surface area is 219 Å². The Morgan fingerprint density at radius 2 is 1.65 bits per heavy atom. The zero-order valence-corrected chi connectivity index (χ0v) is 21.0. The van der Waals surface area contributed by atoms with Crippen LogP contribution in [-0.4, -0.2) is 35.2 Å². The van der Waals surface area contributed by atoms with E-state index in [0.717, 1.165) is 57.6 Å². The van der Waals surface area contributed by atoms with Crippen molar-refractivity contribution in [3.05, 3.63) is 101 Å². The fraction of sp³-hybridized carbons (Fsp3) is 0.138. The molecule has 0 aliphatic carbocycles. The van der Waals surface area contributed by atoms with Crippen molar-refractivity contribution in [2.75, 3.05) is 0 Å². The minimum absolute atomic E-state index is 0.580. The summed E-state index contributed by atoms with van der Waals surface area (Å²) < 4.78 is 2.29. The lowest BCUT2D eigenvalue weighted by molar-refractivity contribution is 0.722. The Morgan fingerprint density at radius 3 is 2.38 bits per heavy atom. The van der Waals surface area contributed by atoms with Crippen LogP contribution in [0.4, 0.5) is 0 Å². The highest BCUT2D eigenvalue weighted by Gasteiger charge is 2.15. The lowest BCUT2D eigenvalue weighted by atomic mass is 9.98. The molecule has 6 aromatic rings. The third-order valence-electron chi connectivity index (χ3n) is 6.46. The fourth-order valence-corrected chi connectivity index (χ4v) is 4.90. The monoisotopic (exact) mass is 505 g/mol. The van der Waals surface area contributed by atoms with E-state index in [1.165, 1.54) is 5.56 Å². The van der Waals surface area contributed by atoms with Crippen LogP contribution in [-0.2, 0) is 13.0 Å². The minimum atomic E-state index is 0.580. The smallest absolute Gasteiger partial charge is 0.205 e. The van der Waals surface area contributed by atoms with E-state index in [1.807, 2.05) is 48.7 Å². The Kier molecular flexibility index (Phi) is 6.20. The van der Waals surface area contributed by atoms with Crippen LogP contribution in [0, 0.1) is 0 Å². The van der Waals surface area contributed by atoms with E-state index in [1.54, 1.807) is 0 Å². The molecule has 0 bridgehead atoms. The lowest BCUT2D eigenvalue weighted by Crippen LogP contribution is -2.05. The highest BCUT2D eigenvalue weighted by atomic mass is 35.5. The molecule has 3 aromatic heterocycles. The number of rotatable bonds is 7. The number of nitrogens with zero attached hydrogens (tertiary/aromatic N) is 6. The predicted molar refractivity (Wildman–Crippen MR) is 146 cm³/mol. The molecule has 0 radical (unpaired) electrons. The van der Waals surface area contributed by atoms with Crippen LogP contribution in [0.25, 0.3) is 44.8 Å². The number of fused-ring (bicyclic) bond motifs is 1. The summed E-state index contributed by atoms with van der Waals surface area (Å²) in [7, 11) is 0. The van der Waals surface area contributed by atoms with Gasteiger partial charge in [-0.1, -0.05) is 85.3 Å². The molecule has 1 N–H and O–H groups in total. The van der Waals surface area contributed by atoms with Crippen LogP contribution in [0.15, 0.2) is 85.1 Å². The maximum Gasteiger partial charge on any atom is 0.205 e. The molecule has 0 fully saturated rings. The average molecular weight is 506 g/mol. The highest BCUT2D eigenvalue weighted by Crippen LogP contribution is 2.31. The van der Waals surface area contributed by atoms with Gasteiger partial charge in [0.1, 0.15) is 11.3 Å². The second kappa shape index (κ2) is 9.95. The summed E-state index contributed by atoms with van der Waals surface area (Å²) >= 11 is 6.47. The van der Waals surface area contributed by atoms with Crippen molar-refractivity contribution in [1.29, 1.82) is 0 Å². The number of nitrogens with one attached hydrogen (secondary N) is 1. The summed E-state index contributed by atoms with van der Waals surface area (Å²) in [5.74, 6) is 1.64. The first-order chi connectivity index (χ1) is 18.2. The Balaban J connectivity index is 1.36. The second-order valence-electron chi connectivity index (χ2n) is 8.88. The molecule has 3 heterocycles. The molecule has 182 valence electrons. The number of aromatic amines is 1. The van der Waals surface area contributed by atoms with Gasteiger partial charge in [-0.25, -0.2) is 4.98 Å². The van der Waals surface area contributed by atoms with Gasteiger partial charge in [0.25, 0.3) is 0 Å². The zero-order chi connectivity index (χ0) is 25.2. The molecule has 0 spiro atoms. The van der Waals surface area contributed by atoms with E-state index in [0.29, 0.717) is 17.4 Å². The maximum atomic E-state index is 6.47. The topological polar surface area (TPSA) is 85.2 Å². The summed E-state index contributed by atoms with van der Waals surface area (Å²) in [6.45, 7) is 2.89. The fourth-order valence-electron chi connectivity index (χ4n) is 4.66. The SMILES string of the molecule is CCCc1nc2cnc(-c3ccccc3Cl)cc2n1Cc1ccc(-c2ccccc2-c2nn[nH]n2)cc1. The van der Waals surface area contributed by atoms with Gasteiger partial charge >= 0.3 is 0 Å². The summed E-state index contributed by atoms with van der Waals surface area (Å²) in [6, 6.07) is 26.6. The summed E-state index contributed by atoms with van der Waals surface area (Å²) in [6.07, 6.45) is 3.76. The summed E-state index contributed by atoms with van der Waals surface area (Å²) in [5, 5.41) is 15.3. The predicted octanol–water partition coefficient (Wildman–Crippen LogP) is 6.60. The van der Waals surface area contributed by atoms with E-state index >= 15 is 0 Å². The Bertz CT molecular complexity index is 1670. The number of benzene rings is 3. The first-order valence-electron chi connectivity index (χ1n) is 12.2. The van der Waals surface area contributed by atoms with Crippen molar-refractivity contribution in [2.45, 2.75) is 26.3 Å². The van der Waals surface area contributed by atoms with Gasteiger partial charge in [0.05, 0.1) is 17.4 Å². The molecule has 7 nitrogen and oxygen atoms in total. The molecule has 8 heteroatoms. The molecular formula is C29H24ClN7. The van der Waals surface area contributed by atoms with Crippen molar-refractivity contribution >= 4 is 22.6 Å². The molecule has 0 unspecified atom stereocenters. The van der Waals surface area contributed by atoms with Gasteiger partial charge in [0.15, 0.2) is 0 Å². The van der Waals surface area contributed by atoms with Crippen LogP contribution in [0.2, 0.25) is 5.02 Å². The zero-order valence-electron chi connectivity index (χ0n) is 20.3. The first kappa shape index (κ1) is 23.1. The van der Waals surface area contributed by atoms with Gasteiger partial charge in [0, 0.05) is 29.1 Å². The summed E-state index contributed by atoms with van der Waals surface area (Å²) in [5.41, 5.74) is 7.99. The number of pyridine rings is 1. The Hall–Kier alpha value is -4.36. The number of aromatic nitrogens is 7. The van der Waals surface area contributed by atoms with E-state index in [4.69, 9.17) is 16.6 Å². The van der Waals surface area contributed by atoms with Crippen molar-refractivity contribution in [2.24, 2.45) is 0 Å². The lowest BCUT2D eigenvalue weighted by Gasteiger charge is -2.12. The third kappa shape index (κ3) is 4.49. The largest absolute Gasteiger partial charge is 0.323 e. The molecule has 0 saturated carbocycles. The number of tetrazole rings is 1. The number of H-pyrrole nitrogens is 1. The third-order valence-corrected chi connectivity index (χ3v) is 6.79. The van der Waals surface area contributed by atoms with E-state index in [9.17, 15) is 0 Å². The number of imidazole rings is 1.